The van der Waals surface area contributed by atoms with Gasteiger partial charge in [-0.1, -0.05) is 24.1 Å². The molecule has 0 aliphatic carbocycles. The largest absolute Gasteiger partial charge is 0.493 e. The van der Waals surface area contributed by atoms with Gasteiger partial charge in [-0.05, 0) is 42.0 Å². The van der Waals surface area contributed by atoms with Gasteiger partial charge in [0.15, 0.2) is 11.5 Å². The quantitative estimate of drug-likeness (QED) is 0.358. The topological polar surface area (TPSA) is 44.0 Å². The fourth-order valence-corrected chi connectivity index (χ4v) is 2.95. The predicted octanol–water partition coefficient (Wildman–Crippen LogP) is 5.36. The maximum atomic E-state index is 5.91. The summed E-state index contributed by atoms with van der Waals surface area (Å²) >= 11 is 0. The van der Waals surface area contributed by atoms with Crippen molar-refractivity contribution in [1.29, 1.82) is 0 Å². The zero-order valence-corrected chi connectivity index (χ0v) is 14.8. The molecule has 4 nitrogen and oxygen atoms in total. The van der Waals surface area contributed by atoms with E-state index in [9.17, 15) is 0 Å². The van der Waals surface area contributed by atoms with Crippen LogP contribution < -0.4 is 9.47 Å². The molecular weight excluding hydrogens is 338 g/mol. The summed E-state index contributed by atoms with van der Waals surface area (Å²) in [5.74, 6) is 3.66. The van der Waals surface area contributed by atoms with Gasteiger partial charge in [0.1, 0.15) is 17.8 Å². The number of ether oxygens (including phenoxy) is 2. The molecule has 0 N–H and O–H groups in total. The molecule has 132 valence electrons. The summed E-state index contributed by atoms with van der Waals surface area (Å²) in [6.07, 6.45) is 7.00. The van der Waals surface area contributed by atoms with Crippen molar-refractivity contribution in [3.05, 3.63) is 66.2 Å². The summed E-state index contributed by atoms with van der Waals surface area (Å²) in [7, 11) is 1.59. The Balaban J connectivity index is 1.62. The molecule has 0 spiro atoms. The van der Waals surface area contributed by atoms with Crippen LogP contribution >= 0.6 is 0 Å². The molecule has 0 aliphatic heterocycles. The standard InChI is InChI=1S/C23H17NO3/c1-3-12-26-21-11-8-16(13-23(21)25-2)15-24-17-9-10-19-18-6-4-5-7-20(18)27-22(19)14-17/h1,4-11,13-15H,12H2,2H3. The summed E-state index contributed by atoms with van der Waals surface area (Å²) in [5, 5.41) is 2.19. The number of aliphatic imine (C=N–C) groups is 1. The Hall–Kier alpha value is -3.71. The zero-order valence-electron chi connectivity index (χ0n) is 14.8. The lowest BCUT2D eigenvalue weighted by atomic mass is 10.1. The number of terminal acetylenes is 1. The number of nitrogens with zero attached hydrogens (tertiary/aromatic N) is 1. The Bertz CT molecular complexity index is 1180. The highest BCUT2D eigenvalue weighted by Crippen LogP contribution is 2.31. The van der Waals surface area contributed by atoms with Gasteiger partial charge in [-0.2, -0.15) is 0 Å². The first-order valence-corrected chi connectivity index (χ1v) is 8.48. The molecule has 27 heavy (non-hydrogen) atoms. The fourth-order valence-electron chi connectivity index (χ4n) is 2.95. The van der Waals surface area contributed by atoms with Crippen molar-refractivity contribution in [1.82, 2.24) is 0 Å². The third-order valence-corrected chi connectivity index (χ3v) is 4.22. The second kappa shape index (κ2) is 7.27. The van der Waals surface area contributed by atoms with Gasteiger partial charge in [-0.25, -0.2) is 0 Å². The second-order valence-corrected chi connectivity index (χ2v) is 5.94. The number of para-hydroxylation sites is 1. The Morgan fingerprint density at radius 1 is 1.00 bits per heavy atom. The maximum absolute atomic E-state index is 5.91. The molecule has 0 atom stereocenters. The van der Waals surface area contributed by atoms with E-state index in [1.165, 1.54) is 0 Å². The van der Waals surface area contributed by atoms with Crippen molar-refractivity contribution >= 4 is 33.8 Å². The van der Waals surface area contributed by atoms with Crippen LogP contribution in [0.3, 0.4) is 0 Å². The van der Waals surface area contributed by atoms with Gasteiger partial charge in [0, 0.05) is 23.1 Å². The molecule has 0 unspecified atom stereocenters. The average molecular weight is 355 g/mol. The van der Waals surface area contributed by atoms with Gasteiger partial charge >= 0.3 is 0 Å². The molecule has 0 bridgehead atoms. The van der Waals surface area contributed by atoms with E-state index in [4.69, 9.17) is 20.3 Å². The van der Waals surface area contributed by atoms with Crippen molar-refractivity contribution in [3.63, 3.8) is 0 Å². The number of hydrogen-bond donors (Lipinski definition) is 0. The number of hydrogen-bond acceptors (Lipinski definition) is 4. The first-order chi connectivity index (χ1) is 13.3. The van der Waals surface area contributed by atoms with Gasteiger partial charge < -0.3 is 13.9 Å². The molecule has 3 aromatic carbocycles. The molecule has 0 saturated carbocycles. The Labute approximate surface area is 157 Å². The van der Waals surface area contributed by atoms with Crippen molar-refractivity contribution < 1.29 is 13.9 Å². The average Bonchev–Trinajstić information content (AvgIpc) is 3.08. The molecule has 0 fully saturated rings. The molecule has 4 rings (SSSR count). The number of rotatable bonds is 5. The molecule has 0 aliphatic rings. The van der Waals surface area contributed by atoms with Gasteiger partial charge in [0.05, 0.1) is 12.8 Å². The van der Waals surface area contributed by atoms with Crippen LogP contribution in [-0.2, 0) is 0 Å². The predicted molar refractivity (Wildman–Crippen MR) is 108 cm³/mol. The van der Waals surface area contributed by atoms with Crippen LogP contribution in [0.25, 0.3) is 21.9 Å². The minimum Gasteiger partial charge on any atom is -0.493 e. The number of benzene rings is 3. The van der Waals surface area contributed by atoms with E-state index >= 15 is 0 Å². The lowest BCUT2D eigenvalue weighted by Crippen LogP contribution is -1.97. The molecule has 1 heterocycles. The minimum absolute atomic E-state index is 0.196. The first-order valence-electron chi connectivity index (χ1n) is 8.48. The normalized spacial score (nSPS) is 11.1. The summed E-state index contributed by atoms with van der Waals surface area (Å²) in [6.45, 7) is 0.196. The molecule has 0 saturated heterocycles. The summed E-state index contributed by atoms with van der Waals surface area (Å²) in [4.78, 5) is 4.55. The summed E-state index contributed by atoms with van der Waals surface area (Å²) in [5.41, 5.74) is 3.40. The Morgan fingerprint density at radius 2 is 1.85 bits per heavy atom. The fraction of sp³-hybridized carbons (Fsp3) is 0.0870. The van der Waals surface area contributed by atoms with Crippen molar-refractivity contribution in [3.8, 4) is 23.8 Å². The van der Waals surface area contributed by atoms with E-state index in [1.807, 2.05) is 54.6 Å². The van der Waals surface area contributed by atoms with Crippen LogP contribution in [0, 0.1) is 12.3 Å². The van der Waals surface area contributed by atoms with Crippen molar-refractivity contribution in [2.24, 2.45) is 4.99 Å². The molecular formula is C23H17NO3. The summed E-state index contributed by atoms with van der Waals surface area (Å²) in [6, 6.07) is 19.5. The monoisotopic (exact) mass is 355 g/mol. The van der Waals surface area contributed by atoms with Gasteiger partial charge in [0.2, 0.25) is 0 Å². The van der Waals surface area contributed by atoms with E-state index in [-0.39, 0.29) is 6.61 Å². The summed E-state index contributed by atoms with van der Waals surface area (Å²) < 4.78 is 16.7. The smallest absolute Gasteiger partial charge is 0.162 e. The number of furan rings is 1. The van der Waals surface area contributed by atoms with E-state index in [1.54, 1.807) is 13.3 Å². The van der Waals surface area contributed by atoms with E-state index < -0.39 is 0 Å². The third-order valence-electron chi connectivity index (χ3n) is 4.22. The van der Waals surface area contributed by atoms with Crippen LogP contribution in [0.1, 0.15) is 5.56 Å². The van der Waals surface area contributed by atoms with Crippen LogP contribution in [0.4, 0.5) is 5.69 Å². The van der Waals surface area contributed by atoms with Gasteiger partial charge in [-0.3, -0.25) is 4.99 Å². The van der Waals surface area contributed by atoms with Crippen LogP contribution in [0.2, 0.25) is 0 Å². The highest BCUT2D eigenvalue weighted by molar-refractivity contribution is 6.05. The molecule has 0 radical (unpaired) electrons. The van der Waals surface area contributed by atoms with E-state index in [0.29, 0.717) is 11.5 Å². The Kier molecular flexibility index (Phi) is 4.51. The van der Waals surface area contributed by atoms with E-state index in [2.05, 4.69) is 17.0 Å². The zero-order chi connectivity index (χ0) is 18.6. The molecule has 4 heteroatoms. The highest BCUT2D eigenvalue weighted by atomic mass is 16.5. The van der Waals surface area contributed by atoms with Gasteiger partial charge in [0.25, 0.3) is 0 Å². The van der Waals surface area contributed by atoms with Gasteiger partial charge in [-0.15, -0.1) is 6.42 Å². The van der Waals surface area contributed by atoms with Crippen molar-refractivity contribution in [2.75, 3.05) is 13.7 Å². The van der Waals surface area contributed by atoms with Crippen molar-refractivity contribution in [2.45, 2.75) is 0 Å². The molecule has 0 amide bonds. The SMILES string of the molecule is C#CCOc1ccc(C=Nc2ccc3c(c2)oc2ccccc23)cc1OC. The number of fused-ring (bicyclic) bond motifs is 3. The van der Waals surface area contributed by atoms with E-state index in [0.717, 1.165) is 33.2 Å². The number of methoxy groups -OCH3 is 1. The third kappa shape index (κ3) is 3.36. The van der Waals surface area contributed by atoms with Crippen LogP contribution in [-0.4, -0.2) is 19.9 Å². The lowest BCUT2D eigenvalue weighted by Gasteiger charge is -2.09. The first kappa shape index (κ1) is 16.7. The lowest BCUT2D eigenvalue weighted by molar-refractivity contribution is 0.331. The molecule has 1 aromatic heterocycles. The minimum atomic E-state index is 0.196. The molecule has 4 aromatic rings. The van der Waals surface area contributed by atoms with Crippen LogP contribution in [0.5, 0.6) is 11.5 Å². The van der Waals surface area contributed by atoms with Crippen LogP contribution in [0.15, 0.2) is 70.1 Å². The Morgan fingerprint density at radius 3 is 2.70 bits per heavy atom. The highest BCUT2D eigenvalue weighted by Gasteiger charge is 2.07. The second-order valence-electron chi connectivity index (χ2n) is 5.94. The maximum Gasteiger partial charge on any atom is 0.162 e.